The fourth-order valence-corrected chi connectivity index (χ4v) is 3.60. The van der Waals surface area contributed by atoms with E-state index in [1.165, 1.54) is 0 Å². The van der Waals surface area contributed by atoms with Crippen molar-refractivity contribution in [3.8, 4) is 0 Å². The third-order valence-electron chi connectivity index (χ3n) is 3.64. The van der Waals surface area contributed by atoms with Crippen molar-refractivity contribution >= 4 is 9.84 Å². The molecule has 0 spiro atoms. The zero-order chi connectivity index (χ0) is 12.5. The van der Waals surface area contributed by atoms with E-state index in [4.69, 9.17) is 5.73 Å². The lowest BCUT2D eigenvalue weighted by Gasteiger charge is -2.12. The number of aryl methyl sites for hydroxylation is 1. The summed E-state index contributed by atoms with van der Waals surface area (Å²) in [6.45, 7) is 2.51. The standard InChI is InChI=1S/C13H19NO2S/c1-11-3-2-4-12(9-11)17(15,16)8-7-13(10-14)5-6-13/h2-4,9H,5-8,10,14H2,1H3. The molecule has 3 nitrogen and oxygen atoms in total. The SMILES string of the molecule is Cc1cccc(S(=O)(=O)CCC2(CN)CC2)c1. The molecule has 1 aliphatic carbocycles. The lowest BCUT2D eigenvalue weighted by atomic mass is 10.1. The lowest BCUT2D eigenvalue weighted by molar-refractivity contribution is 0.498. The van der Waals surface area contributed by atoms with Gasteiger partial charge in [0, 0.05) is 0 Å². The Kier molecular flexibility index (Phi) is 3.27. The van der Waals surface area contributed by atoms with Crippen LogP contribution in [-0.4, -0.2) is 20.7 Å². The highest BCUT2D eigenvalue weighted by molar-refractivity contribution is 7.91. The van der Waals surface area contributed by atoms with Gasteiger partial charge >= 0.3 is 0 Å². The molecule has 4 heteroatoms. The summed E-state index contributed by atoms with van der Waals surface area (Å²) in [5, 5.41) is 0. The van der Waals surface area contributed by atoms with Crippen LogP contribution in [0.4, 0.5) is 0 Å². The van der Waals surface area contributed by atoms with Gasteiger partial charge in [0.15, 0.2) is 9.84 Å². The van der Waals surface area contributed by atoms with Gasteiger partial charge in [-0.05, 0) is 55.8 Å². The normalized spacial score (nSPS) is 18.0. The van der Waals surface area contributed by atoms with Crippen LogP contribution in [0.3, 0.4) is 0 Å². The number of nitrogens with two attached hydrogens (primary N) is 1. The van der Waals surface area contributed by atoms with Crippen molar-refractivity contribution in [2.24, 2.45) is 11.1 Å². The van der Waals surface area contributed by atoms with E-state index in [-0.39, 0.29) is 11.2 Å². The first kappa shape index (κ1) is 12.6. The molecule has 1 saturated carbocycles. The maximum absolute atomic E-state index is 12.1. The van der Waals surface area contributed by atoms with E-state index in [1.807, 2.05) is 13.0 Å². The summed E-state index contributed by atoms with van der Waals surface area (Å²) < 4.78 is 24.3. The zero-order valence-corrected chi connectivity index (χ0v) is 11.0. The van der Waals surface area contributed by atoms with Crippen LogP contribution < -0.4 is 5.73 Å². The molecular weight excluding hydrogens is 234 g/mol. The number of hydrogen-bond acceptors (Lipinski definition) is 3. The number of rotatable bonds is 5. The van der Waals surface area contributed by atoms with Gasteiger partial charge in [-0.15, -0.1) is 0 Å². The highest BCUT2D eigenvalue weighted by Crippen LogP contribution is 2.48. The number of sulfone groups is 1. The highest BCUT2D eigenvalue weighted by atomic mass is 32.2. The summed E-state index contributed by atoms with van der Waals surface area (Å²) in [6.07, 6.45) is 2.85. The van der Waals surface area contributed by atoms with Crippen molar-refractivity contribution in [2.75, 3.05) is 12.3 Å². The monoisotopic (exact) mass is 253 g/mol. The molecular formula is C13H19NO2S. The largest absolute Gasteiger partial charge is 0.330 e. The third-order valence-corrected chi connectivity index (χ3v) is 5.35. The molecule has 1 fully saturated rings. The van der Waals surface area contributed by atoms with Crippen LogP contribution in [0.1, 0.15) is 24.8 Å². The highest BCUT2D eigenvalue weighted by Gasteiger charge is 2.41. The van der Waals surface area contributed by atoms with E-state index >= 15 is 0 Å². The zero-order valence-electron chi connectivity index (χ0n) is 10.1. The average molecular weight is 253 g/mol. The van der Waals surface area contributed by atoms with Crippen LogP contribution >= 0.6 is 0 Å². The first-order chi connectivity index (χ1) is 7.97. The topological polar surface area (TPSA) is 60.2 Å². The summed E-state index contributed by atoms with van der Waals surface area (Å²) in [6, 6.07) is 7.10. The minimum Gasteiger partial charge on any atom is -0.330 e. The number of benzene rings is 1. The molecule has 0 amide bonds. The van der Waals surface area contributed by atoms with Crippen LogP contribution in [0.25, 0.3) is 0 Å². The lowest BCUT2D eigenvalue weighted by Crippen LogP contribution is -2.19. The van der Waals surface area contributed by atoms with Gasteiger partial charge in [0.25, 0.3) is 0 Å². The molecule has 2 N–H and O–H groups in total. The minimum absolute atomic E-state index is 0.122. The van der Waals surface area contributed by atoms with Crippen LogP contribution in [0, 0.1) is 12.3 Å². The van der Waals surface area contributed by atoms with E-state index < -0.39 is 9.84 Å². The molecule has 1 aromatic carbocycles. The minimum atomic E-state index is -3.14. The fraction of sp³-hybridized carbons (Fsp3) is 0.538. The first-order valence-corrected chi connectivity index (χ1v) is 7.62. The molecule has 0 bridgehead atoms. The Balaban J connectivity index is 2.09. The summed E-state index contributed by atoms with van der Waals surface area (Å²) in [5.41, 5.74) is 6.77. The Morgan fingerprint density at radius 3 is 2.59 bits per heavy atom. The second-order valence-electron chi connectivity index (χ2n) is 5.09. The maximum atomic E-state index is 12.1. The van der Waals surface area contributed by atoms with Crippen molar-refractivity contribution in [1.82, 2.24) is 0 Å². The van der Waals surface area contributed by atoms with Crippen molar-refractivity contribution in [3.05, 3.63) is 29.8 Å². The molecule has 0 saturated heterocycles. The summed E-state index contributed by atoms with van der Waals surface area (Å²) in [7, 11) is -3.14. The molecule has 0 radical (unpaired) electrons. The van der Waals surface area contributed by atoms with Gasteiger partial charge in [0.05, 0.1) is 10.6 Å². The predicted octanol–water partition coefficient (Wildman–Crippen LogP) is 1.90. The van der Waals surface area contributed by atoms with Gasteiger partial charge in [0.1, 0.15) is 0 Å². The molecule has 1 aliphatic rings. The van der Waals surface area contributed by atoms with Crippen molar-refractivity contribution in [2.45, 2.75) is 31.1 Å². The Bertz CT molecular complexity index is 504. The Labute approximate surface area is 103 Å². The Hall–Kier alpha value is -0.870. The average Bonchev–Trinajstić information content (AvgIpc) is 3.07. The van der Waals surface area contributed by atoms with Crippen molar-refractivity contribution in [3.63, 3.8) is 0 Å². The Morgan fingerprint density at radius 2 is 2.06 bits per heavy atom. The number of hydrogen-bond donors (Lipinski definition) is 1. The van der Waals surface area contributed by atoms with Gasteiger partial charge in [-0.3, -0.25) is 0 Å². The molecule has 0 heterocycles. The van der Waals surface area contributed by atoms with Crippen molar-refractivity contribution in [1.29, 1.82) is 0 Å². The molecule has 0 atom stereocenters. The molecule has 0 aliphatic heterocycles. The molecule has 17 heavy (non-hydrogen) atoms. The van der Waals surface area contributed by atoms with Crippen LogP contribution in [0.5, 0.6) is 0 Å². The Morgan fingerprint density at radius 1 is 1.35 bits per heavy atom. The van der Waals surface area contributed by atoms with Gasteiger partial charge in [-0.1, -0.05) is 12.1 Å². The smallest absolute Gasteiger partial charge is 0.178 e. The molecule has 94 valence electrons. The van der Waals surface area contributed by atoms with Gasteiger partial charge in [-0.2, -0.15) is 0 Å². The fourth-order valence-electron chi connectivity index (χ4n) is 2.01. The van der Waals surface area contributed by atoms with Gasteiger partial charge in [-0.25, -0.2) is 8.42 Å². The second-order valence-corrected chi connectivity index (χ2v) is 7.20. The molecule has 1 aromatic rings. The van der Waals surface area contributed by atoms with Crippen LogP contribution in [0.15, 0.2) is 29.2 Å². The van der Waals surface area contributed by atoms with Crippen LogP contribution in [0.2, 0.25) is 0 Å². The quantitative estimate of drug-likeness (QED) is 0.872. The van der Waals surface area contributed by atoms with E-state index in [0.717, 1.165) is 18.4 Å². The molecule has 2 rings (SSSR count). The van der Waals surface area contributed by atoms with Gasteiger partial charge in [0.2, 0.25) is 0 Å². The first-order valence-electron chi connectivity index (χ1n) is 5.97. The molecule has 0 unspecified atom stereocenters. The van der Waals surface area contributed by atoms with E-state index in [9.17, 15) is 8.42 Å². The predicted molar refractivity (Wildman–Crippen MR) is 68.6 cm³/mol. The summed E-state index contributed by atoms with van der Waals surface area (Å²) >= 11 is 0. The summed E-state index contributed by atoms with van der Waals surface area (Å²) in [5.74, 6) is 0.216. The van der Waals surface area contributed by atoms with Crippen molar-refractivity contribution < 1.29 is 8.42 Å². The summed E-state index contributed by atoms with van der Waals surface area (Å²) in [4.78, 5) is 0.435. The maximum Gasteiger partial charge on any atom is 0.178 e. The second kappa shape index (κ2) is 4.42. The van der Waals surface area contributed by atoms with E-state index in [2.05, 4.69) is 0 Å². The van der Waals surface area contributed by atoms with Gasteiger partial charge < -0.3 is 5.73 Å². The van der Waals surface area contributed by atoms with E-state index in [0.29, 0.717) is 17.9 Å². The van der Waals surface area contributed by atoms with Crippen LogP contribution in [-0.2, 0) is 9.84 Å². The molecule has 0 aromatic heterocycles. The third kappa shape index (κ3) is 2.87. The van der Waals surface area contributed by atoms with E-state index in [1.54, 1.807) is 18.2 Å².